The number of hydrogen-bond acceptors (Lipinski definition) is 1. The molecule has 0 saturated heterocycles. The van der Waals surface area contributed by atoms with Gasteiger partial charge in [-0.1, -0.05) is 56.3 Å². The highest BCUT2D eigenvalue weighted by Gasteiger charge is 2.01. The van der Waals surface area contributed by atoms with E-state index in [0.29, 0.717) is 5.92 Å². The second-order valence-electron chi connectivity index (χ2n) is 4.64. The molecule has 0 amide bonds. The molecule has 1 heteroatoms. The Balaban J connectivity index is 2.32. The Morgan fingerprint density at radius 2 is 1.65 bits per heavy atom. The highest BCUT2D eigenvalue weighted by Crippen LogP contribution is 2.23. The van der Waals surface area contributed by atoms with Crippen LogP contribution < -0.4 is 0 Å². The van der Waals surface area contributed by atoms with Crippen LogP contribution in [0, 0.1) is 0 Å². The smallest absolute Gasteiger partial charge is 0.0682 e. The molecule has 0 radical (unpaired) electrons. The average molecular weight is 226 g/mol. The number of benzene rings is 2. The largest absolute Gasteiger partial charge is 0.392 e. The molecule has 0 unspecified atom stereocenters. The number of hydrogen-bond donors (Lipinski definition) is 1. The topological polar surface area (TPSA) is 20.2 Å². The Morgan fingerprint density at radius 3 is 2.24 bits per heavy atom. The number of rotatable bonds is 3. The summed E-state index contributed by atoms with van der Waals surface area (Å²) in [5, 5.41) is 9.13. The van der Waals surface area contributed by atoms with Gasteiger partial charge in [0.15, 0.2) is 0 Å². The summed E-state index contributed by atoms with van der Waals surface area (Å²) in [5.74, 6) is 0.563. The van der Waals surface area contributed by atoms with E-state index in [1.807, 2.05) is 18.2 Å². The number of aliphatic hydroxyl groups is 1. The van der Waals surface area contributed by atoms with Crippen molar-refractivity contribution in [2.45, 2.75) is 26.4 Å². The van der Waals surface area contributed by atoms with Crippen molar-refractivity contribution in [3.05, 3.63) is 59.7 Å². The van der Waals surface area contributed by atoms with E-state index in [4.69, 9.17) is 5.11 Å². The lowest BCUT2D eigenvalue weighted by Crippen LogP contribution is -1.88. The van der Waals surface area contributed by atoms with E-state index in [1.165, 1.54) is 11.1 Å². The maximum Gasteiger partial charge on any atom is 0.0682 e. The third-order valence-electron chi connectivity index (χ3n) is 3.02. The molecule has 0 atom stereocenters. The molecule has 1 N–H and O–H groups in total. The summed E-state index contributed by atoms with van der Waals surface area (Å²) in [4.78, 5) is 0. The summed E-state index contributed by atoms with van der Waals surface area (Å²) < 4.78 is 0. The summed E-state index contributed by atoms with van der Waals surface area (Å²) in [6.07, 6.45) is 0. The second kappa shape index (κ2) is 5.15. The van der Waals surface area contributed by atoms with Crippen LogP contribution in [0.5, 0.6) is 0 Å². The maximum absolute atomic E-state index is 9.13. The molecule has 0 aromatic heterocycles. The van der Waals surface area contributed by atoms with Gasteiger partial charge in [0.05, 0.1) is 6.61 Å². The first-order valence-corrected chi connectivity index (χ1v) is 6.01. The lowest BCUT2D eigenvalue weighted by atomic mass is 9.98. The molecule has 0 spiro atoms. The van der Waals surface area contributed by atoms with Gasteiger partial charge in [0, 0.05) is 0 Å². The molecule has 2 aromatic rings. The van der Waals surface area contributed by atoms with E-state index < -0.39 is 0 Å². The van der Waals surface area contributed by atoms with Crippen molar-refractivity contribution in [3.8, 4) is 11.1 Å². The molecule has 0 saturated carbocycles. The van der Waals surface area contributed by atoms with Crippen LogP contribution in [0.4, 0.5) is 0 Å². The summed E-state index contributed by atoms with van der Waals surface area (Å²) in [5.41, 5.74) is 4.67. The third-order valence-corrected chi connectivity index (χ3v) is 3.02. The molecule has 0 aliphatic heterocycles. The van der Waals surface area contributed by atoms with Gasteiger partial charge in [-0.15, -0.1) is 0 Å². The van der Waals surface area contributed by atoms with Gasteiger partial charge in [0.25, 0.3) is 0 Å². The molecule has 1 nitrogen and oxygen atoms in total. The van der Waals surface area contributed by atoms with Crippen molar-refractivity contribution < 1.29 is 5.11 Å². The van der Waals surface area contributed by atoms with Gasteiger partial charge in [-0.25, -0.2) is 0 Å². The minimum atomic E-state index is 0.0952. The Bertz CT molecular complexity index is 483. The zero-order valence-electron chi connectivity index (χ0n) is 10.4. The van der Waals surface area contributed by atoms with Gasteiger partial charge in [-0.3, -0.25) is 0 Å². The highest BCUT2D eigenvalue weighted by molar-refractivity contribution is 5.64. The van der Waals surface area contributed by atoms with Crippen LogP contribution in [-0.2, 0) is 6.61 Å². The Kier molecular flexibility index (Phi) is 3.60. The van der Waals surface area contributed by atoms with Crippen LogP contribution in [-0.4, -0.2) is 5.11 Å². The van der Waals surface area contributed by atoms with Crippen molar-refractivity contribution in [3.63, 3.8) is 0 Å². The fraction of sp³-hybridized carbons (Fsp3) is 0.250. The lowest BCUT2D eigenvalue weighted by molar-refractivity contribution is 0.282. The van der Waals surface area contributed by atoms with E-state index in [2.05, 4.69) is 44.2 Å². The van der Waals surface area contributed by atoms with Gasteiger partial charge in [-0.2, -0.15) is 0 Å². The van der Waals surface area contributed by atoms with Crippen LogP contribution in [0.15, 0.2) is 48.5 Å². The van der Waals surface area contributed by atoms with E-state index in [-0.39, 0.29) is 6.61 Å². The van der Waals surface area contributed by atoms with E-state index in [0.717, 1.165) is 11.1 Å². The van der Waals surface area contributed by atoms with Gasteiger partial charge in [0.2, 0.25) is 0 Å². The van der Waals surface area contributed by atoms with Crippen molar-refractivity contribution in [1.29, 1.82) is 0 Å². The van der Waals surface area contributed by atoms with E-state index >= 15 is 0 Å². The van der Waals surface area contributed by atoms with Crippen molar-refractivity contribution in [2.75, 3.05) is 0 Å². The minimum Gasteiger partial charge on any atom is -0.392 e. The average Bonchev–Trinajstić information content (AvgIpc) is 2.39. The Labute approximate surface area is 103 Å². The predicted octanol–water partition coefficient (Wildman–Crippen LogP) is 3.97. The Hall–Kier alpha value is -1.60. The van der Waals surface area contributed by atoms with Gasteiger partial charge >= 0.3 is 0 Å². The molecule has 0 bridgehead atoms. The Morgan fingerprint density at radius 1 is 0.941 bits per heavy atom. The molecule has 2 aromatic carbocycles. The minimum absolute atomic E-state index is 0.0952. The molecular weight excluding hydrogens is 208 g/mol. The van der Waals surface area contributed by atoms with Crippen LogP contribution in [0.1, 0.15) is 30.9 Å². The molecule has 0 aliphatic carbocycles. The van der Waals surface area contributed by atoms with Crippen molar-refractivity contribution in [1.82, 2.24) is 0 Å². The molecule has 88 valence electrons. The summed E-state index contributed by atoms with van der Waals surface area (Å²) in [7, 11) is 0. The first kappa shape index (κ1) is 11.9. The first-order valence-electron chi connectivity index (χ1n) is 6.01. The molecule has 0 heterocycles. The van der Waals surface area contributed by atoms with E-state index in [1.54, 1.807) is 0 Å². The quantitative estimate of drug-likeness (QED) is 0.839. The fourth-order valence-electron chi connectivity index (χ4n) is 1.91. The third kappa shape index (κ3) is 2.75. The standard InChI is InChI=1S/C16H18O/c1-12(2)14-6-8-15(9-7-14)16-5-3-4-13(10-16)11-17/h3-10,12,17H,11H2,1-2H3. The first-order chi connectivity index (χ1) is 8.20. The SMILES string of the molecule is CC(C)c1ccc(-c2cccc(CO)c2)cc1. The summed E-state index contributed by atoms with van der Waals surface area (Å²) in [6.45, 7) is 4.49. The van der Waals surface area contributed by atoms with Crippen molar-refractivity contribution in [2.24, 2.45) is 0 Å². The zero-order valence-corrected chi connectivity index (χ0v) is 10.4. The fourth-order valence-corrected chi connectivity index (χ4v) is 1.91. The van der Waals surface area contributed by atoms with Gasteiger partial charge < -0.3 is 5.11 Å². The van der Waals surface area contributed by atoms with Gasteiger partial charge in [0.1, 0.15) is 0 Å². The van der Waals surface area contributed by atoms with Crippen LogP contribution in [0.3, 0.4) is 0 Å². The zero-order chi connectivity index (χ0) is 12.3. The lowest BCUT2D eigenvalue weighted by Gasteiger charge is -2.08. The molecular formula is C16H18O. The number of aliphatic hydroxyl groups excluding tert-OH is 1. The molecule has 17 heavy (non-hydrogen) atoms. The van der Waals surface area contributed by atoms with E-state index in [9.17, 15) is 0 Å². The summed E-state index contributed by atoms with van der Waals surface area (Å²) >= 11 is 0. The van der Waals surface area contributed by atoms with Crippen molar-refractivity contribution >= 4 is 0 Å². The van der Waals surface area contributed by atoms with Crippen LogP contribution in [0.25, 0.3) is 11.1 Å². The molecule has 2 rings (SSSR count). The van der Waals surface area contributed by atoms with Crippen LogP contribution in [0.2, 0.25) is 0 Å². The highest BCUT2D eigenvalue weighted by atomic mass is 16.3. The normalized spacial score (nSPS) is 10.8. The predicted molar refractivity (Wildman–Crippen MR) is 71.9 cm³/mol. The van der Waals surface area contributed by atoms with Gasteiger partial charge in [-0.05, 0) is 34.2 Å². The molecule has 0 fully saturated rings. The maximum atomic E-state index is 9.13. The monoisotopic (exact) mass is 226 g/mol. The molecule has 0 aliphatic rings. The summed E-state index contributed by atoms with van der Waals surface area (Å²) in [6, 6.07) is 16.7. The second-order valence-corrected chi connectivity index (χ2v) is 4.64. The van der Waals surface area contributed by atoms with Crippen LogP contribution >= 0.6 is 0 Å².